The molecule has 2 heterocycles. The lowest BCUT2D eigenvalue weighted by Crippen LogP contribution is -2.58. The van der Waals surface area contributed by atoms with Crippen molar-refractivity contribution in [1.82, 2.24) is 15.3 Å². The predicted molar refractivity (Wildman–Crippen MR) is 128 cm³/mol. The third kappa shape index (κ3) is 7.18. The molecule has 3 N–H and O–H groups in total. The van der Waals surface area contributed by atoms with Crippen molar-refractivity contribution in [3.63, 3.8) is 0 Å². The second kappa shape index (κ2) is 12.1. The second-order valence-electron chi connectivity index (χ2n) is 8.65. The standard InChI is InChI=1S/C22H30ClFN3O9P/c1-4-13(2)34-19(30)14(3)26-37(32,36-15-8-6-5-7-9-15)33-12-16-18(29)22(23,24)20(35-16)27-11-10-17(28)25-21(27)31/h5-9,13-14,16,18,20,29H,4,10-12H2,1-3H3,(H,26,32)(H,25,28,31)/t13-,14-,16+,18+,20+,22+,37?/m0/s1. The van der Waals surface area contributed by atoms with Crippen molar-refractivity contribution in [2.75, 3.05) is 13.2 Å². The smallest absolute Gasteiger partial charge is 0.459 e. The fourth-order valence-electron chi connectivity index (χ4n) is 3.49. The highest BCUT2D eigenvalue weighted by molar-refractivity contribution is 7.52. The molecule has 0 aromatic heterocycles. The number of alkyl halides is 2. The Balaban J connectivity index is 1.74. The summed E-state index contributed by atoms with van der Waals surface area (Å²) in [6.45, 7) is 4.03. The molecule has 0 aliphatic carbocycles. The van der Waals surface area contributed by atoms with Gasteiger partial charge in [0.2, 0.25) is 5.91 Å². The molecule has 1 aromatic carbocycles. The first-order valence-electron chi connectivity index (χ1n) is 11.7. The summed E-state index contributed by atoms with van der Waals surface area (Å²) in [5.41, 5.74) is 0. The van der Waals surface area contributed by atoms with E-state index in [9.17, 15) is 24.1 Å². The van der Waals surface area contributed by atoms with Crippen molar-refractivity contribution >= 4 is 37.3 Å². The lowest BCUT2D eigenvalue weighted by Gasteiger charge is -2.34. The minimum Gasteiger partial charge on any atom is -0.462 e. The Morgan fingerprint density at radius 2 is 2.05 bits per heavy atom. The van der Waals surface area contributed by atoms with E-state index < -0.39 is 61.9 Å². The van der Waals surface area contributed by atoms with Gasteiger partial charge in [0.1, 0.15) is 24.0 Å². The molecule has 2 saturated heterocycles. The molecule has 206 valence electrons. The van der Waals surface area contributed by atoms with Crippen LogP contribution in [0.2, 0.25) is 0 Å². The molecule has 12 nitrogen and oxygen atoms in total. The minimum atomic E-state index is -4.34. The maximum Gasteiger partial charge on any atom is 0.459 e. The molecule has 1 aromatic rings. The first-order valence-corrected chi connectivity index (χ1v) is 13.6. The lowest BCUT2D eigenvalue weighted by atomic mass is 10.1. The van der Waals surface area contributed by atoms with Crippen molar-refractivity contribution < 1.29 is 47.0 Å². The number of amides is 3. The monoisotopic (exact) mass is 565 g/mol. The van der Waals surface area contributed by atoms with Gasteiger partial charge >= 0.3 is 19.7 Å². The number of hydrogen-bond donors (Lipinski definition) is 3. The average Bonchev–Trinajstić information content (AvgIpc) is 3.06. The zero-order chi connectivity index (χ0) is 27.4. The van der Waals surface area contributed by atoms with Crippen LogP contribution in [0.15, 0.2) is 30.3 Å². The van der Waals surface area contributed by atoms with Gasteiger partial charge in [-0.2, -0.15) is 5.09 Å². The fraction of sp³-hybridized carbons (Fsp3) is 0.591. The number of carbonyl (C=O) groups excluding carboxylic acids is 3. The van der Waals surface area contributed by atoms with Gasteiger partial charge in [-0.3, -0.25) is 24.3 Å². The van der Waals surface area contributed by atoms with Gasteiger partial charge in [-0.1, -0.05) is 36.7 Å². The van der Waals surface area contributed by atoms with Crippen LogP contribution >= 0.6 is 19.3 Å². The number of nitrogens with zero attached hydrogens (tertiary/aromatic N) is 1. The van der Waals surface area contributed by atoms with Crippen molar-refractivity contribution in [3.8, 4) is 5.75 Å². The van der Waals surface area contributed by atoms with Gasteiger partial charge in [0.05, 0.1) is 12.7 Å². The second-order valence-corrected chi connectivity index (χ2v) is 10.9. The number of rotatable bonds is 11. The Labute approximate surface area is 218 Å². The van der Waals surface area contributed by atoms with Crippen LogP contribution in [0.25, 0.3) is 0 Å². The van der Waals surface area contributed by atoms with Gasteiger partial charge in [0.25, 0.3) is 5.13 Å². The number of urea groups is 1. The summed E-state index contributed by atoms with van der Waals surface area (Å²) in [6.07, 6.45) is -5.20. The van der Waals surface area contributed by atoms with E-state index in [4.69, 9.17) is 30.1 Å². The largest absolute Gasteiger partial charge is 0.462 e. The zero-order valence-corrected chi connectivity index (χ0v) is 22.1. The van der Waals surface area contributed by atoms with Crippen molar-refractivity contribution in [2.45, 2.75) is 69.3 Å². The normalized spacial score (nSPS) is 29.2. The van der Waals surface area contributed by atoms with Crippen LogP contribution in [0.3, 0.4) is 0 Å². The predicted octanol–water partition coefficient (Wildman–Crippen LogP) is 2.44. The number of halogens is 2. The molecule has 0 saturated carbocycles. The Bertz CT molecular complexity index is 1030. The molecule has 2 aliphatic heterocycles. The van der Waals surface area contributed by atoms with Gasteiger partial charge in [0.15, 0.2) is 6.23 Å². The van der Waals surface area contributed by atoms with Crippen LogP contribution in [0.4, 0.5) is 9.18 Å². The van der Waals surface area contributed by atoms with E-state index in [1.54, 1.807) is 25.1 Å². The van der Waals surface area contributed by atoms with E-state index in [1.165, 1.54) is 19.1 Å². The fourth-order valence-corrected chi connectivity index (χ4v) is 5.30. The molecule has 0 bridgehead atoms. The van der Waals surface area contributed by atoms with E-state index in [0.29, 0.717) is 6.42 Å². The Morgan fingerprint density at radius 3 is 2.68 bits per heavy atom. The highest BCUT2D eigenvalue weighted by Crippen LogP contribution is 2.47. The Morgan fingerprint density at radius 1 is 1.38 bits per heavy atom. The van der Waals surface area contributed by atoms with Crippen molar-refractivity contribution in [3.05, 3.63) is 30.3 Å². The van der Waals surface area contributed by atoms with Crippen molar-refractivity contribution in [2.24, 2.45) is 0 Å². The average molecular weight is 566 g/mol. The van der Waals surface area contributed by atoms with Gasteiger partial charge < -0.3 is 19.1 Å². The summed E-state index contributed by atoms with van der Waals surface area (Å²) >= 11 is 5.90. The van der Waals surface area contributed by atoms with Gasteiger partial charge in [-0.25, -0.2) is 13.8 Å². The number of aliphatic hydroxyl groups is 1. The van der Waals surface area contributed by atoms with Gasteiger partial charge in [0, 0.05) is 13.0 Å². The molecular weight excluding hydrogens is 536 g/mol. The molecule has 2 aliphatic rings. The number of carbonyl (C=O) groups is 3. The summed E-state index contributed by atoms with van der Waals surface area (Å²) in [6, 6.07) is 5.87. The van der Waals surface area contributed by atoms with E-state index in [1.807, 2.05) is 12.2 Å². The van der Waals surface area contributed by atoms with Gasteiger partial charge in [-0.05, 0) is 32.4 Å². The molecule has 15 heteroatoms. The highest BCUT2D eigenvalue weighted by atomic mass is 35.5. The number of aliphatic hydroxyl groups excluding tert-OH is 1. The molecule has 3 amide bonds. The van der Waals surface area contributed by atoms with Crippen LogP contribution in [0.1, 0.15) is 33.6 Å². The maximum absolute atomic E-state index is 15.3. The number of ether oxygens (including phenoxy) is 2. The maximum atomic E-state index is 15.3. The molecule has 0 radical (unpaired) electrons. The number of esters is 1. The SMILES string of the molecule is CC[C@H](C)OC(=O)[C@H](C)NP(=O)(OC[C@H]1O[C@@H](N2CCC(=O)NC2=O)[C@@](F)(Cl)[C@@H]1O)Oc1ccccc1. The number of benzene rings is 1. The lowest BCUT2D eigenvalue weighted by molar-refractivity contribution is -0.150. The molecule has 7 atom stereocenters. The molecular formula is C22H30ClFN3O9P. The van der Waals surface area contributed by atoms with E-state index in [2.05, 4.69) is 5.09 Å². The van der Waals surface area contributed by atoms with Crippen molar-refractivity contribution in [1.29, 1.82) is 0 Å². The molecule has 37 heavy (non-hydrogen) atoms. The third-order valence-electron chi connectivity index (χ3n) is 5.72. The minimum absolute atomic E-state index is 0.121. The summed E-state index contributed by atoms with van der Waals surface area (Å²) in [5.74, 6) is -1.12. The van der Waals surface area contributed by atoms with Crippen LogP contribution in [-0.4, -0.2) is 76.8 Å². The number of imide groups is 1. The van der Waals surface area contributed by atoms with Gasteiger partial charge in [-0.15, -0.1) is 0 Å². The third-order valence-corrected chi connectivity index (χ3v) is 7.78. The number of nitrogens with one attached hydrogen (secondary N) is 2. The molecule has 1 unspecified atom stereocenters. The van der Waals surface area contributed by atoms with Crippen LogP contribution in [-0.2, 0) is 28.2 Å². The van der Waals surface area contributed by atoms with Crippen LogP contribution < -0.4 is 14.9 Å². The van der Waals surface area contributed by atoms with Crippen LogP contribution in [0, 0.1) is 0 Å². The summed E-state index contributed by atoms with van der Waals surface area (Å²) in [4.78, 5) is 36.8. The molecule has 0 spiro atoms. The Hall–Kier alpha value is -2.28. The topological polar surface area (TPSA) is 153 Å². The van der Waals surface area contributed by atoms with E-state index >= 15 is 4.39 Å². The van der Waals surface area contributed by atoms with Crippen LogP contribution in [0.5, 0.6) is 5.75 Å². The quantitative estimate of drug-likeness (QED) is 0.207. The number of para-hydroxylation sites is 1. The molecule has 3 rings (SSSR count). The summed E-state index contributed by atoms with van der Waals surface area (Å²) in [5, 5.41) is 12.0. The Kier molecular flexibility index (Phi) is 9.54. The first kappa shape index (κ1) is 29.3. The van der Waals surface area contributed by atoms with E-state index in [-0.39, 0.29) is 24.8 Å². The summed E-state index contributed by atoms with van der Waals surface area (Å²) < 4.78 is 50.5. The highest BCUT2D eigenvalue weighted by Gasteiger charge is 2.60. The zero-order valence-electron chi connectivity index (χ0n) is 20.5. The first-order chi connectivity index (χ1) is 17.4. The summed E-state index contributed by atoms with van der Waals surface area (Å²) in [7, 11) is -4.34. The number of hydrogen-bond acceptors (Lipinski definition) is 9. The van der Waals surface area contributed by atoms with E-state index in [0.717, 1.165) is 4.90 Å². The molecule has 2 fully saturated rings.